The number of likely N-dealkylation sites (tertiary alicyclic amines) is 2. The summed E-state index contributed by atoms with van der Waals surface area (Å²) in [6.45, 7) is 4.85. The average molecular weight is 571 g/mol. The third kappa shape index (κ3) is 9.55. The summed E-state index contributed by atoms with van der Waals surface area (Å²) >= 11 is 1.72. The Morgan fingerprint density at radius 3 is 2.11 bits per heavy atom. The van der Waals surface area contributed by atoms with Gasteiger partial charge in [0.15, 0.2) is 0 Å². The van der Waals surface area contributed by atoms with E-state index in [2.05, 4.69) is 14.9 Å². The van der Waals surface area contributed by atoms with E-state index in [0.717, 1.165) is 39.1 Å². The Morgan fingerprint density at radius 1 is 0.974 bits per heavy atom. The molecule has 9 nitrogen and oxygen atoms in total. The molecule has 0 aliphatic carbocycles. The predicted molar refractivity (Wildman–Crippen MR) is 121 cm³/mol. The molecule has 1 spiro atoms. The van der Waals surface area contributed by atoms with E-state index < -0.39 is 24.3 Å². The number of aromatic nitrogens is 2. The van der Waals surface area contributed by atoms with Crippen LogP contribution in [0, 0.1) is 5.41 Å². The molecule has 16 heteroatoms. The van der Waals surface area contributed by atoms with E-state index in [1.54, 1.807) is 23.7 Å². The predicted octanol–water partition coefficient (Wildman–Crippen LogP) is 3.93. The van der Waals surface area contributed by atoms with Crippen molar-refractivity contribution in [3.8, 4) is 0 Å². The Bertz CT molecular complexity index is 1040. The van der Waals surface area contributed by atoms with Crippen LogP contribution < -0.4 is 0 Å². The van der Waals surface area contributed by atoms with Crippen LogP contribution in [0.15, 0.2) is 36.1 Å². The summed E-state index contributed by atoms with van der Waals surface area (Å²) in [4.78, 5) is 43.5. The molecule has 2 aromatic rings. The molecule has 38 heavy (non-hydrogen) atoms. The van der Waals surface area contributed by atoms with Gasteiger partial charge in [-0.3, -0.25) is 14.7 Å². The number of hydrogen-bond donors (Lipinski definition) is 2. The van der Waals surface area contributed by atoms with Gasteiger partial charge in [-0.05, 0) is 37.9 Å². The molecular weight excluding hydrogens is 546 g/mol. The SMILES string of the molecule is O=C(O)C(F)(F)F.O=C(O)C(F)(F)F.O=C(c1cccnc1)N1CCCC2(CCN(Cc3nccs3)C2)C1. The molecule has 0 radical (unpaired) electrons. The van der Waals surface area contributed by atoms with Gasteiger partial charge in [-0.1, -0.05) is 0 Å². The maximum atomic E-state index is 12.7. The molecule has 1 atom stereocenters. The molecule has 1 unspecified atom stereocenters. The number of aliphatic carboxylic acids is 2. The van der Waals surface area contributed by atoms with E-state index in [9.17, 15) is 31.1 Å². The van der Waals surface area contributed by atoms with Crippen molar-refractivity contribution in [3.05, 3.63) is 46.7 Å². The maximum Gasteiger partial charge on any atom is 0.490 e. The van der Waals surface area contributed by atoms with Crippen LogP contribution in [0.3, 0.4) is 0 Å². The Balaban J connectivity index is 0.000000301. The number of amides is 1. The quantitative estimate of drug-likeness (QED) is 0.532. The molecule has 4 rings (SSSR count). The Morgan fingerprint density at radius 2 is 1.61 bits per heavy atom. The highest BCUT2D eigenvalue weighted by Crippen LogP contribution is 2.39. The van der Waals surface area contributed by atoms with Crippen LogP contribution in [0.1, 0.15) is 34.6 Å². The van der Waals surface area contributed by atoms with E-state index in [4.69, 9.17) is 19.8 Å². The lowest BCUT2D eigenvalue weighted by Crippen LogP contribution is -2.47. The molecule has 4 heterocycles. The zero-order chi connectivity index (χ0) is 28.6. The summed E-state index contributed by atoms with van der Waals surface area (Å²) in [5.74, 6) is -5.39. The van der Waals surface area contributed by atoms with E-state index >= 15 is 0 Å². The molecule has 0 bridgehead atoms. The zero-order valence-electron chi connectivity index (χ0n) is 19.7. The number of carbonyl (C=O) groups is 3. The topological polar surface area (TPSA) is 124 Å². The van der Waals surface area contributed by atoms with Crippen LogP contribution in [0.4, 0.5) is 26.3 Å². The van der Waals surface area contributed by atoms with Crippen molar-refractivity contribution < 1.29 is 50.9 Å². The number of piperidine rings is 1. The first-order valence-corrected chi connectivity index (χ1v) is 11.9. The largest absolute Gasteiger partial charge is 0.490 e. The van der Waals surface area contributed by atoms with Crippen molar-refractivity contribution in [3.63, 3.8) is 0 Å². The summed E-state index contributed by atoms with van der Waals surface area (Å²) in [5, 5.41) is 17.5. The van der Waals surface area contributed by atoms with E-state index in [-0.39, 0.29) is 11.3 Å². The van der Waals surface area contributed by atoms with Crippen LogP contribution in [-0.4, -0.2) is 86.4 Å². The second-order valence-corrected chi connectivity index (χ2v) is 9.54. The third-order valence-corrected chi connectivity index (χ3v) is 6.47. The average Bonchev–Trinajstić information content (AvgIpc) is 3.49. The van der Waals surface area contributed by atoms with Gasteiger partial charge in [-0.25, -0.2) is 14.6 Å². The van der Waals surface area contributed by atoms with Crippen molar-refractivity contribution >= 4 is 29.2 Å². The van der Waals surface area contributed by atoms with Gasteiger partial charge in [0.05, 0.1) is 12.1 Å². The van der Waals surface area contributed by atoms with Crippen LogP contribution in [-0.2, 0) is 16.1 Å². The summed E-state index contributed by atoms with van der Waals surface area (Å²) < 4.78 is 63.5. The summed E-state index contributed by atoms with van der Waals surface area (Å²) in [5.41, 5.74) is 0.958. The van der Waals surface area contributed by atoms with Gasteiger partial charge < -0.3 is 15.1 Å². The van der Waals surface area contributed by atoms with Crippen LogP contribution in [0.25, 0.3) is 0 Å². The number of carbonyl (C=O) groups excluding carboxylic acids is 1. The highest BCUT2D eigenvalue weighted by Gasteiger charge is 2.42. The van der Waals surface area contributed by atoms with Crippen LogP contribution >= 0.6 is 11.3 Å². The normalized spacial score (nSPS) is 19.7. The molecule has 2 aliphatic heterocycles. The van der Waals surface area contributed by atoms with Gasteiger partial charge >= 0.3 is 24.3 Å². The summed E-state index contributed by atoms with van der Waals surface area (Å²) in [7, 11) is 0. The van der Waals surface area contributed by atoms with Crippen molar-refractivity contribution in [2.75, 3.05) is 26.2 Å². The zero-order valence-corrected chi connectivity index (χ0v) is 20.5. The lowest BCUT2D eigenvalue weighted by molar-refractivity contribution is -0.193. The van der Waals surface area contributed by atoms with Gasteiger partial charge in [0.25, 0.3) is 5.91 Å². The number of hydrogen-bond acceptors (Lipinski definition) is 7. The van der Waals surface area contributed by atoms with E-state index in [0.29, 0.717) is 5.56 Å². The first-order chi connectivity index (χ1) is 17.6. The number of thiazole rings is 1. The number of nitrogens with zero attached hydrogens (tertiary/aromatic N) is 4. The van der Waals surface area contributed by atoms with Crippen molar-refractivity contribution in [1.29, 1.82) is 0 Å². The molecule has 2 saturated heterocycles. The lowest BCUT2D eigenvalue weighted by atomic mass is 9.79. The molecule has 210 valence electrons. The fourth-order valence-electron chi connectivity index (χ4n) is 4.07. The van der Waals surface area contributed by atoms with Crippen LogP contribution in [0.5, 0.6) is 0 Å². The Hall–Kier alpha value is -3.27. The second-order valence-electron chi connectivity index (χ2n) is 8.56. The standard InChI is InChI=1S/C18H22N4OS.2C2HF3O2/c23-17(15-3-1-6-19-11-15)22-8-2-4-18(14-22)5-9-21(13-18)12-16-20-7-10-24-16;2*3-2(4,5)1(6)7/h1,3,6-7,10-11H,2,4-5,8-9,12-14H2;2*(H,6,7). The maximum absolute atomic E-state index is 12.7. The number of rotatable bonds is 3. The number of carboxylic acid groups (broad SMARTS) is 2. The first kappa shape index (κ1) is 31.0. The first-order valence-electron chi connectivity index (χ1n) is 11.0. The lowest BCUT2D eigenvalue weighted by Gasteiger charge is -2.40. The van der Waals surface area contributed by atoms with E-state index in [1.807, 2.05) is 28.6 Å². The molecule has 2 aromatic heterocycles. The molecule has 2 fully saturated rings. The summed E-state index contributed by atoms with van der Waals surface area (Å²) in [6.07, 6.45) is -1.42. The fraction of sp³-hybridized carbons (Fsp3) is 0.500. The smallest absolute Gasteiger partial charge is 0.475 e. The monoisotopic (exact) mass is 570 g/mol. The molecule has 2 aliphatic rings. The minimum atomic E-state index is -5.08. The molecule has 0 aromatic carbocycles. The minimum Gasteiger partial charge on any atom is -0.475 e. The van der Waals surface area contributed by atoms with Crippen molar-refractivity contribution in [1.82, 2.24) is 19.8 Å². The third-order valence-electron chi connectivity index (χ3n) is 5.70. The van der Waals surface area contributed by atoms with Gasteiger partial charge in [0.2, 0.25) is 0 Å². The van der Waals surface area contributed by atoms with E-state index in [1.165, 1.54) is 17.8 Å². The van der Waals surface area contributed by atoms with Crippen molar-refractivity contribution in [2.24, 2.45) is 5.41 Å². The Kier molecular flexibility index (Phi) is 10.6. The van der Waals surface area contributed by atoms with Gasteiger partial charge in [-0.15, -0.1) is 11.3 Å². The number of carboxylic acids is 2. The van der Waals surface area contributed by atoms with Gasteiger partial charge in [0.1, 0.15) is 5.01 Å². The summed E-state index contributed by atoms with van der Waals surface area (Å²) in [6, 6.07) is 3.69. The van der Waals surface area contributed by atoms with Gasteiger partial charge in [-0.2, -0.15) is 26.3 Å². The molecular formula is C22H24F6N4O5S. The highest BCUT2D eigenvalue weighted by molar-refractivity contribution is 7.09. The van der Waals surface area contributed by atoms with Crippen LogP contribution in [0.2, 0.25) is 0 Å². The minimum absolute atomic E-state index is 0.126. The number of pyridine rings is 1. The molecule has 1 amide bonds. The fourth-order valence-corrected chi connectivity index (χ4v) is 4.73. The van der Waals surface area contributed by atoms with Crippen molar-refractivity contribution in [2.45, 2.75) is 38.2 Å². The molecule has 2 N–H and O–H groups in total. The van der Waals surface area contributed by atoms with Gasteiger partial charge in [0, 0.05) is 49.0 Å². The number of halogens is 6. The Labute approximate surface area is 216 Å². The highest BCUT2D eigenvalue weighted by atomic mass is 32.1. The number of alkyl halides is 6. The second kappa shape index (κ2) is 13.0. The molecule has 0 saturated carbocycles.